The second-order valence-corrected chi connectivity index (χ2v) is 5.56. The molecule has 110 valence electrons. The second kappa shape index (κ2) is 9.25. The van der Waals surface area contributed by atoms with Gasteiger partial charge in [0.05, 0.1) is 5.56 Å². The largest absolute Gasteiger partial charge is 0.478 e. The zero-order chi connectivity index (χ0) is 14.8. The van der Waals surface area contributed by atoms with Crippen LogP contribution in [0.1, 0.15) is 29.3 Å². The van der Waals surface area contributed by atoms with Crippen LogP contribution in [-0.4, -0.2) is 35.2 Å². The number of rotatable bonds is 8. The molecule has 2 amide bonds. The highest BCUT2D eigenvalue weighted by molar-refractivity contribution is 7.99. The molecule has 0 heterocycles. The van der Waals surface area contributed by atoms with Gasteiger partial charge in [0.2, 0.25) is 0 Å². The SMILES string of the molecule is CCSCCCNC(=O)NCc1ccc(C(=O)O)cc1. The summed E-state index contributed by atoms with van der Waals surface area (Å²) in [7, 11) is 0. The average Bonchev–Trinajstić information content (AvgIpc) is 2.45. The van der Waals surface area contributed by atoms with Crippen LogP contribution in [0.3, 0.4) is 0 Å². The number of carbonyl (C=O) groups excluding carboxylic acids is 1. The molecule has 1 rings (SSSR count). The van der Waals surface area contributed by atoms with Gasteiger partial charge in [-0.25, -0.2) is 9.59 Å². The lowest BCUT2D eigenvalue weighted by molar-refractivity contribution is 0.0697. The molecule has 0 bridgehead atoms. The number of amides is 2. The summed E-state index contributed by atoms with van der Waals surface area (Å²) >= 11 is 1.85. The maximum absolute atomic E-state index is 11.5. The van der Waals surface area contributed by atoms with E-state index in [9.17, 15) is 9.59 Å². The molecular weight excluding hydrogens is 276 g/mol. The number of thioether (sulfide) groups is 1. The zero-order valence-corrected chi connectivity index (χ0v) is 12.3. The smallest absolute Gasteiger partial charge is 0.335 e. The number of benzene rings is 1. The van der Waals surface area contributed by atoms with E-state index in [0.29, 0.717) is 13.1 Å². The van der Waals surface area contributed by atoms with Crippen molar-refractivity contribution >= 4 is 23.8 Å². The maximum atomic E-state index is 11.5. The molecule has 0 saturated carbocycles. The van der Waals surface area contributed by atoms with Gasteiger partial charge in [0.1, 0.15) is 0 Å². The summed E-state index contributed by atoms with van der Waals surface area (Å²) in [4.78, 5) is 22.2. The first-order valence-corrected chi connectivity index (χ1v) is 7.70. The van der Waals surface area contributed by atoms with Crippen molar-refractivity contribution in [1.29, 1.82) is 0 Å². The highest BCUT2D eigenvalue weighted by atomic mass is 32.2. The van der Waals surface area contributed by atoms with Crippen molar-refractivity contribution in [2.24, 2.45) is 0 Å². The lowest BCUT2D eigenvalue weighted by Crippen LogP contribution is -2.35. The second-order valence-electron chi connectivity index (χ2n) is 4.16. The molecule has 0 saturated heterocycles. The van der Waals surface area contributed by atoms with Gasteiger partial charge >= 0.3 is 12.0 Å². The van der Waals surface area contributed by atoms with Crippen LogP contribution in [0.25, 0.3) is 0 Å². The van der Waals surface area contributed by atoms with E-state index < -0.39 is 5.97 Å². The average molecular weight is 296 g/mol. The third-order valence-electron chi connectivity index (χ3n) is 2.61. The summed E-state index contributed by atoms with van der Waals surface area (Å²) in [5, 5.41) is 14.3. The summed E-state index contributed by atoms with van der Waals surface area (Å²) in [6, 6.07) is 6.25. The van der Waals surface area contributed by atoms with Crippen LogP contribution in [0.2, 0.25) is 0 Å². The molecule has 6 heteroatoms. The number of carbonyl (C=O) groups is 2. The van der Waals surface area contributed by atoms with E-state index in [1.54, 1.807) is 12.1 Å². The zero-order valence-electron chi connectivity index (χ0n) is 11.5. The van der Waals surface area contributed by atoms with E-state index in [1.165, 1.54) is 12.1 Å². The standard InChI is InChI=1S/C14H20N2O3S/c1-2-20-9-3-8-15-14(19)16-10-11-4-6-12(7-5-11)13(17)18/h4-7H,2-3,8-10H2,1H3,(H,17,18)(H2,15,16,19). The first kappa shape index (κ1) is 16.4. The predicted molar refractivity (Wildman–Crippen MR) is 81.3 cm³/mol. The molecule has 0 fully saturated rings. The minimum Gasteiger partial charge on any atom is -0.478 e. The molecule has 5 nitrogen and oxygen atoms in total. The molecule has 0 aromatic heterocycles. The molecule has 0 radical (unpaired) electrons. The maximum Gasteiger partial charge on any atom is 0.335 e. The van der Waals surface area contributed by atoms with Crippen molar-refractivity contribution in [2.45, 2.75) is 19.9 Å². The highest BCUT2D eigenvalue weighted by Crippen LogP contribution is 2.04. The Morgan fingerprint density at radius 3 is 2.50 bits per heavy atom. The van der Waals surface area contributed by atoms with E-state index in [-0.39, 0.29) is 11.6 Å². The van der Waals surface area contributed by atoms with Crippen LogP contribution >= 0.6 is 11.8 Å². The van der Waals surface area contributed by atoms with E-state index in [1.807, 2.05) is 11.8 Å². The molecular formula is C14H20N2O3S. The molecule has 3 N–H and O–H groups in total. The number of hydrogen-bond donors (Lipinski definition) is 3. The van der Waals surface area contributed by atoms with Crippen LogP contribution < -0.4 is 10.6 Å². The third-order valence-corrected chi connectivity index (χ3v) is 3.59. The minimum atomic E-state index is -0.952. The molecule has 0 spiro atoms. The van der Waals surface area contributed by atoms with Crippen LogP contribution in [0.15, 0.2) is 24.3 Å². The minimum absolute atomic E-state index is 0.200. The van der Waals surface area contributed by atoms with E-state index >= 15 is 0 Å². The fourth-order valence-corrected chi connectivity index (χ4v) is 2.17. The molecule has 1 aromatic rings. The van der Waals surface area contributed by atoms with Gasteiger partial charge in [0, 0.05) is 13.1 Å². The van der Waals surface area contributed by atoms with Gasteiger partial charge in [-0.1, -0.05) is 19.1 Å². The van der Waals surface area contributed by atoms with Gasteiger partial charge in [-0.05, 0) is 35.6 Å². The van der Waals surface area contributed by atoms with Gasteiger partial charge in [0.25, 0.3) is 0 Å². The van der Waals surface area contributed by atoms with Crippen molar-refractivity contribution in [1.82, 2.24) is 10.6 Å². The number of hydrogen-bond acceptors (Lipinski definition) is 3. The Balaban J connectivity index is 2.22. The van der Waals surface area contributed by atoms with E-state index in [2.05, 4.69) is 17.6 Å². The lowest BCUT2D eigenvalue weighted by atomic mass is 10.1. The topological polar surface area (TPSA) is 78.4 Å². The Morgan fingerprint density at radius 1 is 1.20 bits per heavy atom. The van der Waals surface area contributed by atoms with Crippen molar-refractivity contribution in [3.05, 3.63) is 35.4 Å². The Morgan fingerprint density at radius 2 is 1.90 bits per heavy atom. The van der Waals surface area contributed by atoms with Crippen LogP contribution in [0.5, 0.6) is 0 Å². The monoisotopic (exact) mass is 296 g/mol. The van der Waals surface area contributed by atoms with Gasteiger partial charge in [0.15, 0.2) is 0 Å². The molecule has 0 atom stereocenters. The first-order valence-electron chi connectivity index (χ1n) is 6.55. The molecule has 20 heavy (non-hydrogen) atoms. The lowest BCUT2D eigenvalue weighted by Gasteiger charge is -2.07. The molecule has 0 aliphatic heterocycles. The fraction of sp³-hybridized carbons (Fsp3) is 0.429. The third kappa shape index (κ3) is 6.47. The Labute approximate surface area is 123 Å². The normalized spacial score (nSPS) is 10.1. The van der Waals surface area contributed by atoms with Crippen molar-refractivity contribution in [3.63, 3.8) is 0 Å². The quantitative estimate of drug-likeness (QED) is 0.643. The van der Waals surface area contributed by atoms with Crippen molar-refractivity contribution < 1.29 is 14.7 Å². The number of carboxylic acids is 1. The Kier molecular flexibility index (Phi) is 7.57. The number of carboxylic acid groups (broad SMARTS) is 1. The van der Waals surface area contributed by atoms with Crippen molar-refractivity contribution in [3.8, 4) is 0 Å². The van der Waals surface area contributed by atoms with E-state index in [0.717, 1.165) is 23.5 Å². The van der Waals surface area contributed by atoms with Crippen LogP contribution in [0.4, 0.5) is 4.79 Å². The van der Waals surface area contributed by atoms with Gasteiger partial charge in [-0.3, -0.25) is 0 Å². The van der Waals surface area contributed by atoms with E-state index in [4.69, 9.17) is 5.11 Å². The van der Waals surface area contributed by atoms with Gasteiger partial charge in [-0.2, -0.15) is 11.8 Å². The highest BCUT2D eigenvalue weighted by Gasteiger charge is 2.03. The van der Waals surface area contributed by atoms with Gasteiger partial charge < -0.3 is 15.7 Å². The Hall–Kier alpha value is -1.69. The first-order chi connectivity index (χ1) is 9.63. The van der Waals surface area contributed by atoms with Gasteiger partial charge in [-0.15, -0.1) is 0 Å². The fourth-order valence-electron chi connectivity index (χ4n) is 1.53. The molecule has 0 aliphatic carbocycles. The molecule has 1 aromatic carbocycles. The molecule has 0 aliphatic rings. The number of nitrogens with one attached hydrogen (secondary N) is 2. The molecule has 0 unspecified atom stereocenters. The summed E-state index contributed by atoms with van der Waals surface area (Å²) < 4.78 is 0. The summed E-state index contributed by atoms with van der Waals surface area (Å²) in [5.74, 6) is 1.19. The summed E-state index contributed by atoms with van der Waals surface area (Å²) in [6.07, 6.45) is 0.958. The predicted octanol–water partition coefficient (Wildman–Crippen LogP) is 2.33. The summed E-state index contributed by atoms with van der Waals surface area (Å²) in [6.45, 7) is 3.16. The number of urea groups is 1. The van der Waals surface area contributed by atoms with Crippen LogP contribution in [-0.2, 0) is 6.54 Å². The summed E-state index contributed by atoms with van der Waals surface area (Å²) in [5.41, 5.74) is 1.11. The Bertz CT molecular complexity index is 435. The van der Waals surface area contributed by atoms with Crippen molar-refractivity contribution in [2.75, 3.05) is 18.1 Å². The number of aromatic carboxylic acids is 1. The van der Waals surface area contributed by atoms with Crippen LogP contribution in [0, 0.1) is 0 Å².